The standard InChI is InChI=1S/C11H3ClF9NO3S/c12-6-3-5(4-22)1-2-7(6)25-26(23,24)11(20,21)9(15,16)8(13,14)10(17,18)19/h1-3H. The Hall–Kier alpha value is -1.88. The van der Waals surface area contributed by atoms with E-state index in [2.05, 4.69) is 4.18 Å². The van der Waals surface area contributed by atoms with Gasteiger partial charge in [0.05, 0.1) is 16.7 Å². The third-order valence-corrected chi connectivity index (χ3v) is 4.27. The molecule has 15 heteroatoms. The molecule has 0 N–H and O–H groups in total. The van der Waals surface area contributed by atoms with Gasteiger partial charge in [-0.1, -0.05) is 11.6 Å². The molecule has 0 radical (unpaired) electrons. The predicted octanol–water partition coefficient (Wildman–Crippen LogP) is 4.35. The second-order valence-electron chi connectivity index (χ2n) is 4.46. The molecule has 0 bridgehead atoms. The molecule has 0 heterocycles. The van der Waals surface area contributed by atoms with Crippen LogP contribution >= 0.6 is 11.6 Å². The maximum atomic E-state index is 13.4. The van der Waals surface area contributed by atoms with Gasteiger partial charge in [-0.2, -0.15) is 53.2 Å². The number of benzene rings is 1. The Labute approximate surface area is 143 Å². The van der Waals surface area contributed by atoms with E-state index in [-0.39, 0.29) is 5.56 Å². The molecule has 0 saturated heterocycles. The van der Waals surface area contributed by atoms with Crippen LogP contribution in [0.2, 0.25) is 5.02 Å². The molecule has 0 unspecified atom stereocenters. The second-order valence-corrected chi connectivity index (χ2v) is 6.45. The van der Waals surface area contributed by atoms with Crippen molar-refractivity contribution in [3.05, 3.63) is 28.8 Å². The van der Waals surface area contributed by atoms with Crippen molar-refractivity contribution < 1.29 is 52.1 Å². The van der Waals surface area contributed by atoms with Gasteiger partial charge in [0.15, 0.2) is 5.75 Å². The van der Waals surface area contributed by atoms with Gasteiger partial charge in [-0.25, -0.2) is 0 Å². The molecule has 26 heavy (non-hydrogen) atoms. The first-order valence-electron chi connectivity index (χ1n) is 5.76. The Morgan fingerprint density at radius 2 is 1.46 bits per heavy atom. The lowest BCUT2D eigenvalue weighted by atomic mass is 10.1. The minimum atomic E-state index is -7.42. The van der Waals surface area contributed by atoms with Crippen molar-refractivity contribution in [2.75, 3.05) is 0 Å². The third kappa shape index (κ3) is 3.37. The van der Waals surface area contributed by atoms with Gasteiger partial charge in [0.2, 0.25) is 0 Å². The van der Waals surface area contributed by atoms with Crippen LogP contribution in [0.5, 0.6) is 5.75 Å². The highest BCUT2D eigenvalue weighted by atomic mass is 35.5. The van der Waals surface area contributed by atoms with E-state index in [9.17, 15) is 47.9 Å². The number of nitrogens with zero attached hydrogens (tertiary/aromatic N) is 1. The van der Waals surface area contributed by atoms with Crippen LogP contribution in [-0.2, 0) is 10.1 Å². The molecular weight excluding hydrogens is 433 g/mol. The molecule has 146 valence electrons. The number of hydrogen-bond acceptors (Lipinski definition) is 4. The van der Waals surface area contributed by atoms with Crippen LogP contribution < -0.4 is 4.18 Å². The fourth-order valence-corrected chi connectivity index (χ4v) is 2.52. The third-order valence-electron chi connectivity index (χ3n) is 2.69. The zero-order valence-electron chi connectivity index (χ0n) is 11.6. The first-order chi connectivity index (χ1) is 11.4. The number of nitriles is 1. The Morgan fingerprint density at radius 1 is 0.962 bits per heavy atom. The highest BCUT2D eigenvalue weighted by Crippen LogP contribution is 2.55. The van der Waals surface area contributed by atoms with Crippen molar-refractivity contribution in [3.63, 3.8) is 0 Å². The number of halogens is 10. The molecule has 0 atom stereocenters. The van der Waals surface area contributed by atoms with Gasteiger partial charge in [-0.3, -0.25) is 0 Å². The average molecular weight is 436 g/mol. The zero-order chi connectivity index (χ0) is 20.8. The molecule has 0 saturated carbocycles. The SMILES string of the molecule is N#Cc1ccc(OS(=O)(=O)C(F)(F)C(F)(F)C(F)(F)C(F)(F)F)c(Cl)c1. The fraction of sp³-hybridized carbons (Fsp3) is 0.364. The predicted molar refractivity (Wildman–Crippen MR) is 66.6 cm³/mol. The van der Waals surface area contributed by atoms with Gasteiger partial charge < -0.3 is 4.18 Å². The van der Waals surface area contributed by atoms with Gasteiger partial charge in [-0.05, 0) is 18.2 Å². The fourth-order valence-electron chi connectivity index (χ4n) is 1.33. The average Bonchev–Trinajstić information content (AvgIpc) is 2.47. The molecule has 0 amide bonds. The highest BCUT2D eigenvalue weighted by molar-refractivity contribution is 7.88. The molecule has 1 aromatic carbocycles. The van der Waals surface area contributed by atoms with Gasteiger partial charge in [0.1, 0.15) is 0 Å². The van der Waals surface area contributed by atoms with Crippen LogP contribution in [0.15, 0.2) is 18.2 Å². The number of hydrogen-bond donors (Lipinski definition) is 0. The van der Waals surface area contributed by atoms with Crippen molar-refractivity contribution in [1.82, 2.24) is 0 Å². The normalized spacial score (nSPS) is 14.0. The van der Waals surface area contributed by atoms with Crippen molar-refractivity contribution in [3.8, 4) is 11.8 Å². The van der Waals surface area contributed by atoms with E-state index >= 15 is 0 Å². The quantitative estimate of drug-likeness (QED) is 0.509. The molecule has 1 aromatic rings. The Balaban J connectivity index is 3.40. The van der Waals surface area contributed by atoms with Crippen LogP contribution in [0, 0.1) is 11.3 Å². The van der Waals surface area contributed by atoms with Crippen LogP contribution in [0.4, 0.5) is 39.5 Å². The van der Waals surface area contributed by atoms with Gasteiger partial charge in [0, 0.05) is 0 Å². The summed E-state index contributed by atoms with van der Waals surface area (Å²) in [7, 11) is -7.09. The first kappa shape index (κ1) is 22.2. The van der Waals surface area contributed by atoms with Gasteiger partial charge >= 0.3 is 33.4 Å². The zero-order valence-corrected chi connectivity index (χ0v) is 13.2. The van der Waals surface area contributed by atoms with E-state index < -0.39 is 44.2 Å². The molecule has 0 aliphatic rings. The summed E-state index contributed by atoms with van der Waals surface area (Å²) in [5.74, 6) is -16.1. The van der Waals surface area contributed by atoms with Gasteiger partial charge in [0.25, 0.3) is 0 Å². The summed E-state index contributed by atoms with van der Waals surface area (Å²) in [4.78, 5) is 0. The first-order valence-corrected chi connectivity index (χ1v) is 7.55. The van der Waals surface area contributed by atoms with E-state index in [0.29, 0.717) is 12.1 Å². The van der Waals surface area contributed by atoms with E-state index in [1.165, 1.54) is 6.07 Å². The minimum Gasteiger partial charge on any atom is -0.376 e. The summed E-state index contributed by atoms with van der Waals surface area (Å²) in [6.07, 6.45) is -7.19. The molecule has 0 fully saturated rings. The molecule has 0 spiro atoms. The Morgan fingerprint density at radius 3 is 1.85 bits per heavy atom. The summed E-state index contributed by atoms with van der Waals surface area (Å²) in [6, 6.07) is 3.24. The van der Waals surface area contributed by atoms with Crippen molar-refractivity contribution in [2.24, 2.45) is 0 Å². The second kappa shape index (κ2) is 6.38. The molecule has 0 aliphatic heterocycles. The molecule has 4 nitrogen and oxygen atoms in total. The van der Waals surface area contributed by atoms with E-state index in [1.807, 2.05) is 0 Å². The highest BCUT2D eigenvalue weighted by Gasteiger charge is 2.86. The topological polar surface area (TPSA) is 67.2 Å². The molecule has 1 rings (SSSR count). The molecule has 0 aromatic heterocycles. The van der Waals surface area contributed by atoms with Crippen molar-refractivity contribution >= 4 is 21.7 Å². The van der Waals surface area contributed by atoms with Crippen LogP contribution in [0.1, 0.15) is 5.56 Å². The lowest BCUT2D eigenvalue weighted by molar-refractivity contribution is -0.382. The Bertz CT molecular complexity index is 845. The molecular formula is C11H3ClF9NO3S. The summed E-state index contributed by atoms with van der Waals surface area (Å²) >= 11 is 5.34. The maximum Gasteiger partial charge on any atom is 0.460 e. The minimum absolute atomic E-state index is 0.263. The summed E-state index contributed by atoms with van der Waals surface area (Å²) in [5, 5.41) is 0.613. The lowest BCUT2D eigenvalue weighted by Crippen LogP contribution is -2.63. The van der Waals surface area contributed by atoms with Crippen LogP contribution in [0.25, 0.3) is 0 Å². The van der Waals surface area contributed by atoms with E-state index in [4.69, 9.17) is 16.9 Å². The monoisotopic (exact) mass is 435 g/mol. The van der Waals surface area contributed by atoms with Crippen LogP contribution in [-0.4, -0.2) is 31.7 Å². The summed E-state index contributed by atoms with van der Waals surface area (Å²) < 4.78 is 141. The van der Waals surface area contributed by atoms with E-state index in [1.54, 1.807) is 0 Å². The number of rotatable bonds is 5. The summed E-state index contributed by atoms with van der Waals surface area (Å²) in [5.41, 5.74) is -0.263. The van der Waals surface area contributed by atoms with E-state index in [0.717, 1.165) is 6.07 Å². The summed E-state index contributed by atoms with van der Waals surface area (Å²) in [6.45, 7) is 0. The van der Waals surface area contributed by atoms with Crippen molar-refractivity contribution in [2.45, 2.75) is 23.3 Å². The largest absolute Gasteiger partial charge is 0.460 e. The molecule has 0 aliphatic carbocycles. The maximum absolute atomic E-state index is 13.4. The smallest absolute Gasteiger partial charge is 0.376 e. The number of alkyl halides is 9. The van der Waals surface area contributed by atoms with Gasteiger partial charge in [-0.15, -0.1) is 0 Å². The Kier molecular flexibility index (Phi) is 5.44. The van der Waals surface area contributed by atoms with Crippen molar-refractivity contribution in [1.29, 1.82) is 5.26 Å². The van der Waals surface area contributed by atoms with Crippen LogP contribution in [0.3, 0.4) is 0 Å². The lowest BCUT2D eigenvalue weighted by Gasteiger charge is -2.32.